The molecular formula is C18H20N2O5. The maximum absolute atomic E-state index is 11.1. The number of hydrogen-bond donors (Lipinski definition) is 3. The van der Waals surface area contributed by atoms with Crippen LogP contribution >= 0.6 is 0 Å². The zero-order chi connectivity index (χ0) is 17.8. The Balaban J connectivity index is 1.81. The molecule has 0 heterocycles. The van der Waals surface area contributed by atoms with Gasteiger partial charge in [0.15, 0.2) is 0 Å². The summed E-state index contributed by atoms with van der Waals surface area (Å²) in [4.78, 5) is 10.6. The van der Waals surface area contributed by atoms with Gasteiger partial charge in [-0.15, -0.1) is 0 Å². The van der Waals surface area contributed by atoms with E-state index in [0.717, 1.165) is 19.3 Å². The number of rotatable bonds is 7. The second-order valence-electron chi connectivity index (χ2n) is 6.08. The van der Waals surface area contributed by atoms with Gasteiger partial charge in [-0.25, -0.2) is 0 Å². The lowest BCUT2D eigenvalue weighted by molar-refractivity contribution is -0.384. The number of aryl methyl sites for hydroxylation is 2. The molecule has 1 unspecified atom stereocenters. The van der Waals surface area contributed by atoms with Gasteiger partial charge in [0.25, 0.3) is 5.69 Å². The Morgan fingerprint density at radius 2 is 1.96 bits per heavy atom. The lowest BCUT2D eigenvalue weighted by Crippen LogP contribution is -2.22. The van der Waals surface area contributed by atoms with Crippen molar-refractivity contribution in [2.45, 2.75) is 25.4 Å². The molecule has 2 aromatic carbocycles. The second kappa shape index (κ2) is 7.50. The molecule has 1 aliphatic rings. The van der Waals surface area contributed by atoms with Crippen LogP contribution in [0.3, 0.4) is 0 Å². The molecule has 0 spiro atoms. The Bertz CT molecular complexity index is 778. The summed E-state index contributed by atoms with van der Waals surface area (Å²) in [6.07, 6.45) is 2.29. The number of fused-ring (bicyclic) bond motifs is 1. The van der Waals surface area contributed by atoms with Crippen LogP contribution in [-0.4, -0.2) is 34.4 Å². The van der Waals surface area contributed by atoms with E-state index in [2.05, 4.69) is 5.32 Å². The molecule has 1 atom stereocenters. The Kier molecular flexibility index (Phi) is 5.16. The number of nitro groups is 1. The van der Waals surface area contributed by atoms with Crippen LogP contribution in [0.5, 0.6) is 11.5 Å². The summed E-state index contributed by atoms with van der Waals surface area (Å²) < 4.78 is 5.81. The number of anilines is 1. The molecule has 25 heavy (non-hydrogen) atoms. The number of nitro benzene ring substituents is 1. The van der Waals surface area contributed by atoms with Gasteiger partial charge in [-0.1, -0.05) is 6.07 Å². The molecule has 3 N–H and O–H groups in total. The SMILES string of the molecule is O=[N+]([O-])c1cc(NCC(O)CO)cc(Oc2ccc3c(c2)CCC3)c1. The summed E-state index contributed by atoms with van der Waals surface area (Å²) in [7, 11) is 0. The van der Waals surface area contributed by atoms with E-state index < -0.39 is 11.0 Å². The van der Waals surface area contributed by atoms with Crippen molar-refractivity contribution >= 4 is 11.4 Å². The first-order chi connectivity index (χ1) is 12.0. The maximum Gasteiger partial charge on any atom is 0.275 e. The molecule has 0 aliphatic heterocycles. The van der Waals surface area contributed by atoms with Gasteiger partial charge in [0.2, 0.25) is 0 Å². The van der Waals surface area contributed by atoms with E-state index in [-0.39, 0.29) is 18.8 Å². The summed E-state index contributed by atoms with van der Waals surface area (Å²) in [5, 5.41) is 32.3. The van der Waals surface area contributed by atoms with Crippen molar-refractivity contribution in [3.63, 3.8) is 0 Å². The van der Waals surface area contributed by atoms with E-state index in [1.54, 1.807) is 6.07 Å². The highest BCUT2D eigenvalue weighted by molar-refractivity contribution is 5.57. The van der Waals surface area contributed by atoms with E-state index in [1.165, 1.54) is 23.3 Å². The molecule has 0 saturated carbocycles. The fraction of sp³-hybridized carbons (Fsp3) is 0.333. The second-order valence-corrected chi connectivity index (χ2v) is 6.08. The third-order valence-corrected chi connectivity index (χ3v) is 4.16. The first-order valence-corrected chi connectivity index (χ1v) is 8.17. The fourth-order valence-corrected chi connectivity index (χ4v) is 2.90. The van der Waals surface area contributed by atoms with Crippen LogP contribution in [0.1, 0.15) is 17.5 Å². The largest absolute Gasteiger partial charge is 0.457 e. The standard InChI is InChI=1S/C18H20N2O5/c21-11-16(22)10-19-14-7-15(20(23)24)9-18(8-14)25-17-5-4-12-2-1-3-13(12)6-17/h4-9,16,19,21-22H,1-3,10-11H2. The third kappa shape index (κ3) is 4.26. The molecule has 0 fully saturated rings. The molecule has 0 aromatic heterocycles. The average molecular weight is 344 g/mol. The van der Waals surface area contributed by atoms with E-state index in [0.29, 0.717) is 17.2 Å². The van der Waals surface area contributed by atoms with Crippen LogP contribution in [0, 0.1) is 10.1 Å². The number of nitrogens with zero attached hydrogens (tertiary/aromatic N) is 1. The Morgan fingerprint density at radius 1 is 1.16 bits per heavy atom. The molecule has 0 saturated heterocycles. The van der Waals surface area contributed by atoms with Crippen molar-refractivity contribution in [2.75, 3.05) is 18.5 Å². The summed E-state index contributed by atoms with van der Waals surface area (Å²) in [6.45, 7) is -0.309. The number of nitrogens with one attached hydrogen (secondary N) is 1. The van der Waals surface area contributed by atoms with Gasteiger partial charge in [0, 0.05) is 24.4 Å². The van der Waals surface area contributed by atoms with E-state index in [1.807, 2.05) is 18.2 Å². The Morgan fingerprint density at radius 3 is 2.72 bits per heavy atom. The van der Waals surface area contributed by atoms with Crippen LogP contribution in [0.2, 0.25) is 0 Å². The molecule has 2 aromatic rings. The van der Waals surface area contributed by atoms with Gasteiger partial charge in [-0.3, -0.25) is 10.1 Å². The van der Waals surface area contributed by atoms with E-state index in [4.69, 9.17) is 9.84 Å². The summed E-state index contributed by atoms with van der Waals surface area (Å²) in [6, 6.07) is 10.2. The van der Waals surface area contributed by atoms with Crippen molar-refractivity contribution in [1.29, 1.82) is 0 Å². The van der Waals surface area contributed by atoms with Crippen LogP contribution in [0.4, 0.5) is 11.4 Å². The van der Waals surface area contributed by atoms with Crippen LogP contribution < -0.4 is 10.1 Å². The third-order valence-electron chi connectivity index (χ3n) is 4.16. The summed E-state index contributed by atoms with van der Waals surface area (Å²) in [5.41, 5.74) is 2.91. The molecule has 1 aliphatic carbocycles. The normalized spacial score (nSPS) is 14.0. The van der Waals surface area contributed by atoms with E-state index >= 15 is 0 Å². The highest BCUT2D eigenvalue weighted by Crippen LogP contribution is 2.32. The molecule has 7 nitrogen and oxygen atoms in total. The lowest BCUT2D eigenvalue weighted by atomic mass is 10.1. The maximum atomic E-state index is 11.1. The molecule has 0 bridgehead atoms. The quantitative estimate of drug-likeness (QED) is 0.527. The van der Waals surface area contributed by atoms with Crippen LogP contribution in [0.25, 0.3) is 0 Å². The lowest BCUT2D eigenvalue weighted by Gasteiger charge is -2.12. The Hall–Kier alpha value is -2.64. The number of aliphatic hydroxyl groups excluding tert-OH is 2. The first kappa shape index (κ1) is 17.2. The summed E-state index contributed by atoms with van der Waals surface area (Å²) >= 11 is 0. The van der Waals surface area contributed by atoms with Crippen molar-refractivity contribution in [2.24, 2.45) is 0 Å². The smallest absolute Gasteiger partial charge is 0.275 e. The molecule has 3 rings (SSSR count). The van der Waals surface area contributed by atoms with Gasteiger partial charge < -0.3 is 20.3 Å². The molecule has 7 heteroatoms. The first-order valence-electron chi connectivity index (χ1n) is 8.17. The number of aliphatic hydroxyl groups is 2. The minimum atomic E-state index is -0.944. The molecular weight excluding hydrogens is 324 g/mol. The monoisotopic (exact) mass is 344 g/mol. The fourth-order valence-electron chi connectivity index (χ4n) is 2.90. The Labute approximate surface area is 145 Å². The zero-order valence-electron chi connectivity index (χ0n) is 13.6. The minimum Gasteiger partial charge on any atom is -0.457 e. The number of hydrogen-bond acceptors (Lipinski definition) is 6. The van der Waals surface area contributed by atoms with Gasteiger partial charge in [0.1, 0.15) is 11.5 Å². The van der Waals surface area contributed by atoms with Crippen molar-refractivity contribution in [1.82, 2.24) is 0 Å². The number of ether oxygens (including phenoxy) is 1. The predicted molar refractivity (Wildman–Crippen MR) is 93.2 cm³/mol. The van der Waals surface area contributed by atoms with Gasteiger partial charge in [-0.2, -0.15) is 0 Å². The van der Waals surface area contributed by atoms with E-state index in [9.17, 15) is 15.2 Å². The molecule has 0 amide bonds. The van der Waals surface area contributed by atoms with Gasteiger partial charge >= 0.3 is 0 Å². The predicted octanol–water partition coefficient (Wildman–Crippen LogP) is 2.64. The average Bonchev–Trinajstić information content (AvgIpc) is 3.07. The number of non-ortho nitro benzene ring substituents is 1. The van der Waals surface area contributed by atoms with Crippen molar-refractivity contribution in [3.8, 4) is 11.5 Å². The molecule has 0 radical (unpaired) electrons. The van der Waals surface area contributed by atoms with Crippen LogP contribution in [0.15, 0.2) is 36.4 Å². The summed E-state index contributed by atoms with van der Waals surface area (Å²) in [5.74, 6) is 0.982. The minimum absolute atomic E-state index is 0.0793. The molecule has 132 valence electrons. The van der Waals surface area contributed by atoms with Crippen molar-refractivity contribution in [3.05, 3.63) is 57.6 Å². The topological polar surface area (TPSA) is 105 Å². The van der Waals surface area contributed by atoms with Gasteiger partial charge in [0.05, 0.1) is 23.7 Å². The van der Waals surface area contributed by atoms with Crippen LogP contribution in [-0.2, 0) is 12.8 Å². The zero-order valence-corrected chi connectivity index (χ0v) is 13.6. The number of benzene rings is 2. The van der Waals surface area contributed by atoms with Crippen molar-refractivity contribution < 1.29 is 19.9 Å². The van der Waals surface area contributed by atoms with Gasteiger partial charge in [-0.05, 0) is 42.5 Å². The highest BCUT2D eigenvalue weighted by Gasteiger charge is 2.14. The highest BCUT2D eigenvalue weighted by atomic mass is 16.6.